The molecule has 6 nitrogen and oxygen atoms in total. The van der Waals surface area contributed by atoms with Gasteiger partial charge in [-0.05, 0) is 50.9 Å². The molecular weight excluding hydrogens is 391 g/mol. The zero-order chi connectivity index (χ0) is 20.0. The Labute approximate surface area is 173 Å². The summed E-state index contributed by atoms with van der Waals surface area (Å²) in [4.78, 5) is 15.8. The highest BCUT2D eigenvalue weighted by molar-refractivity contribution is 6.31. The monoisotopic (exact) mass is 412 g/mol. The molecule has 0 aliphatic carbocycles. The summed E-state index contributed by atoms with van der Waals surface area (Å²) in [6, 6.07) is 8.22. The van der Waals surface area contributed by atoms with E-state index in [-0.39, 0.29) is 5.02 Å². The maximum atomic E-state index is 13.4. The summed E-state index contributed by atoms with van der Waals surface area (Å²) in [7, 11) is 2.24. The summed E-state index contributed by atoms with van der Waals surface area (Å²) < 4.78 is 13.4. The second-order valence-electron chi connectivity index (χ2n) is 7.93. The van der Waals surface area contributed by atoms with Crippen LogP contribution in [0.15, 0.2) is 36.8 Å². The standard InChI is InChI=1S/C21H22ClFN6/c1-29-14-3-4-15(29)7-13(6-14)27-20-9-19-16(10-24-20)21(26-11-25-19)28-12-2-5-18(23)17(22)8-12/h2,5,8-11,13-15H,3-4,6-7H2,1H3,(H,24,27)(H,25,26,28)/t13?,14-,15+. The van der Waals surface area contributed by atoms with Crippen LogP contribution in [0.1, 0.15) is 25.7 Å². The minimum Gasteiger partial charge on any atom is -0.367 e. The van der Waals surface area contributed by atoms with Crippen LogP contribution in [-0.4, -0.2) is 45.0 Å². The van der Waals surface area contributed by atoms with E-state index in [2.05, 4.69) is 37.5 Å². The Kier molecular flexibility index (Phi) is 4.72. The van der Waals surface area contributed by atoms with Crippen molar-refractivity contribution in [2.75, 3.05) is 17.7 Å². The van der Waals surface area contributed by atoms with Gasteiger partial charge in [0.2, 0.25) is 0 Å². The predicted octanol–water partition coefficient (Wildman–Crippen LogP) is 4.60. The van der Waals surface area contributed by atoms with Crippen LogP contribution in [0, 0.1) is 5.82 Å². The van der Waals surface area contributed by atoms with Crippen LogP contribution in [0.4, 0.5) is 21.7 Å². The van der Waals surface area contributed by atoms with Crippen LogP contribution >= 0.6 is 11.6 Å². The highest BCUT2D eigenvalue weighted by Gasteiger charge is 2.38. The Bertz CT molecular complexity index is 1050. The molecule has 29 heavy (non-hydrogen) atoms. The Morgan fingerprint density at radius 1 is 1.10 bits per heavy atom. The van der Waals surface area contributed by atoms with E-state index in [4.69, 9.17) is 11.6 Å². The highest BCUT2D eigenvalue weighted by atomic mass is 35.5. The number of nitrogens with zero attached hydrogens (tertiary/aromatic N) is 4. The fraction of sp³-hybridized carbons (Fsp3) is 0.381. The van der Waals surface area contributed by atoms with E-state index in [0.29, 0.717) is 29.6 Å². The molecule has 8 heteroatoms. The first kappa shape index (κ1) is 18.5. The van der Waals surface area contributed by atoms with Gasteiger partial charge in [0.25, 0.3) is 0 Å². The smallest absolute Gasteiger partial charge is 0.143 e. The summed E-state index contributed by atoms with van der Waals surface area (Å²) in [5.41, 5.74) is 1.45. The van der Waals surface area contributed by atoms with E-state index in [1.54, 1.807) is 12.3 Å². The number of hydrogen-bond donors (Lipinski definition) is 2. The van der Waals surface area contributed by atoms with Crippen LogP contribution in [0.5, 0.6) is 0 Å². The van der Waals surface area contributed by atoms with Crippen LogP contribution in [-0.2, 0) is 0 Å². The lowest BCUT2D eigenvalue weighted by Crippen LogP contribution is -2.44. The molecule has 1 aromatic carbocycles. The number of anilines is 3. The molecule has 2 N–H and O–H groups in total. The van der Waals surface area contributed by atoms with Gasteiger partial charge in [0, 0.05) is 36.1 Å². The number of halogens is 2. The number of piperidine rings is 1. The molecule has 2 fully saturated rings. The molecule has 150 valence electrons. The van der Waals surface area contributed by atoms with E-state index in [9.17, 15) is 4.39 Å². The molecule has 3 atom stereocenters. The Morgan fingerprint density at radius 3 is 2.66 bits per heavy atom. The van der Waals surface area contributed by atoms with Gasteiger partial charge in [-0.3, -0.25) is 0 Å². The molecule has 4 heterocycles. The van der Waals surface area contributed by atoms with E-state index >= 15 is 0 Å². The van der Waals surface area contributed by atoms with Gasteiger partial charge >= 0.3 is 0 Å². The number of fused-ring (bicyclic) bond motifs is 3. The van der Waals surface area contributed by atoms with Crippen molar-refractivity contribution in [1.29, 1.82) is 0 Å². The zero-order valence-electron chi connectivity index (χ0n) is 16.1. The molecule has 0 radical (unpaired) electrons. The largest absolute Gasteiger partial charge is 0.367 e. The van der Waals surface area contributed by atoms with Crippen molar-refractivity contribution < 1.29 is 4.39 Å². The predicted molar refractivity (Wildman–Crippen MR) is 113 cm³/mol. The Balaban J connectivity index is 1.36. The summed E-state index contributed by atoms with van der Waals surface area (Å²) in [6.45, 7) is 0. The van der Waals surface area contributed by atoms with Crippen molar-refractivity contribution in [3.05, 3.63) is 47.6 Å². The van der Waals surface area contributed by atoms with Gasteiger partial charge in [-0.2, -0.15) is 0 Å². The first-order valence-corrected chi connectivity index (χ1v) is 10.3. The molecule has 2 aliphatic heterocycles. The second-order valence-corrected chi connectivity index (χ2v) is 8.33. The Morgan fingerprint density at radius 2 is 1.90 bits per heavy atom. The van der Waals surface area contributed by atoms with Crippen LogP contribution in [0.25, 0.3) is 10.9 Å². The topological polar surface area (TPSA) is 66.0 Å². The average Bonchev–Trinajstić information content (AvgIpc) is 2.91. The molecule has 5 rings (SSSR count). The van der Waals surface area contributed by atoms with Gasteiger partial charge in [0.1, 0.15) is 23.8 Å². The fourth-order valence-corrected chi connectivity index (χ4v) is 4.76. The third kappa shape index (κ3) is 3.60. The lowest BCUT2D eigenvalue weighted by molar-refractivity contribution is 0.169. The molecule has 0 saturated carbocycles. The third-order valence-electron chi connectivity index (χ3n) is 6.15. The molecule has 2 aromatic heterocycles. The van der Waals surface area contributed by atoms with E-state index in [1.165, 1.54) is 31.3 Å². The number of nitrogens with one attached hydrogen (secondary N) is 2. The van der Waals surface area contributed by atoms with E-state index < -0.39 is 5.82 Å². The lowest BCUT2D eigenvalue weighted by atomic mass is 9.98. The zero-order valence-corrected chi connectivity index (χ0v) is 16.8. The van der Waals surface area contributed by atoms with Gasteiger partial charge in [-0.15, -0.1) is 0 Å². The molecule has 3 aromatic rings. The first-order valence-electron chi connectivity index (χ1n) is 9.88. The summed E-state index contributed by atoms with van der Waals surface area (Å²) in [5, 5.41) is 7.63. The van der Waals surface area contributed by atoms with Gasteiger partial charge in [0.05, 0.1) is 15.9 Å². The SMILES string of the molecule is CN1[C@@H]2CC[C@H]1CC(Nc1cc3ncnc(Nc4ccc(F)c(Cl)c4)c3cn1)C2. The first-order chi connectivity index (χ1) is 14.1. The molecule has 0 amide bonds. The number of benzene rings is 1. The minimum absolute atomic E-state index is 0.0602. The lowest BCUT2D eigenvalue weighted by Gasteiger charge is -2.36. The Hall–Kier alpha value is -2.51. The normalized spacial score (nSPS) is 24.0. The molecule has 2 bridgehead atoms. The summed E-state index contributed by atoms with van der Waals surface area (Å²) in [6.07, 6.45) is 8.16. The quantitative estimate of drug-likeness (QED) is 0.653. The van der Waals surface area contributed by atoms with Crippen LogP contribution in [0.2, 0.25) is 5.02 Å². The number of aromatic nitrogens is 3. The van der Waals surface area contributed by atoms with Gasteiger partial charge in [-0.25, -0.2) is 19.3 Å². The van der Waals surface area contributed by atoms with Crippen molar-refractivity contribution in [2.45, 2.75) is 43.8 Å². The van der Waals surface area contributed by atoms with Gasteiger partial charge in [0.15, 0.2) is 0 Å². The molecule has 0 spiro atoms. The number of pyridine rings is 1. The van der Waals surface area contributed by atoms with Crippen molar-refractivity contribution >= 4 is 39.8 Å². The highest BCUT2D eigenvalue weighted by Crippen LogP contribution is 2.35. The van der Waals surface area contributed by atoms with Crippen molar-refractivity contribution in [3.63, 3.8) is 0 Å². The maximum absolute atomic E-state index is 13.4. The number of hydrogen-bond acceptors (Lipinski definition) is 6. The van der Waals surface area contributed by atoms with Crippen molar-refractivity contribution in [1.82, 2.24) is 19.9 Å². The molecule has 1 unspecified atom stereocenters. The molecule has 2 aliphatic rings. The maximum Gasteiger partial charge on any atom is 0.143 e. The third-order valence-corrected chi connectivity index (χ3v) is 6.44. The second kappa shape index (κ2) is 7.39. The van der Waals surface area contributed by atoms with Crippen molar-refractivity contribution in [3.8, 4) is 0 Å². The average molecular weight is 413 g/mol. The van der Waals surface area contributed by atoms with Gasteiger partial charge < -0.3 is 15.5 Å². The minimum atomic E-state index is -0.454. The van der Waals surface area contributed by atoms with Crippen LogP contribution < -0.4 is 10.6 Å². The fourth-order valence-electron chi connectivity index (χ4n) is 4.58. The van der Waals surface area contributed by atoms with E-state index in [1.807, 2.05) is 6.07 Å². The molecule has 2 saturated heterocycles. The molecular formula is C21H22ClFN6. The van der Waals surface area contributed by atoms with Crippen molar-refractivity contribution in [2.24, 2.45) is 0 Å². The number of rotatable bonds is 4. The van der Waals surface area contributed by atoms with Gasteiger partial charge in [-0.1, -0.05) is 11.6 Å². The summed E-state index contributed by atoms with van der Waals surface area (Å²) >= 11 is 5.87. The van der Waals surface area contributed by atoms with E-state index in [0.717, 1.165) is 29.6 Å². The van der Waals surface area contributed by atoms with Crippen LogP contribution in [0.3, 0.4) is 0 Å². The summed E-state index contributed by atoms with van der Waals surface area (Å²) in [5.74, 6) is 0.986.